The SMILES string of the molecule is Cc1noc(C)c1COC(=O)C1(NC(=O)NCc2ccccc2)CCCC1. The Morgan fingerprint density at radius 1 is 1.19 bits per heavy atom. The number of hydrogen-bond donors (Lipinski definition) is 2. The molecule has 1 heterocycles. The molecule has 144 valence electrons. The minimum absolute atomic E-state index is 0.0923. The van der Waals surface area contributed by atoms with Crippen LogP contribution in [0.4, 0.5) is 4.79 Å². The summed E-state index contributed by atoms with van der Waals surface area (Å²) in [6, 6.07) is 9.26. The summed E-state index contributed by atoms with van der Waals surface area (Å²) in [6.45, 7) is 4.08. The van der Waals surface area contributed by atoms with Crippen LogP contribution in [0.25, 0.3) is 0 Å². The van der Waals surface area contributed by atoms with Crippen LogP contribution in [0.3, 0.4) is 0 Å². The van der Waals surface area contributed by atoms with Crippen LogP contribution in [0.5, 0.6) is 0 Å². The van der Waals surface area contributed by atoms with Crippen LogP contribution in [-0.4, -0.2) is 22.7 Å². The van der Waals surface area contributed by atoms with Crippen molar-refractivity contribution in [2.45, 2.75) is 58.2 Å². The molecule has 0 radical (unpaired) electrons. The maximum Gasteiger partial charge on any atom is 0.332 e. The fraction of sp³-hybridized carbons (Fsp3) is 0.450. The van der Waals surface area contributed by atoms with Crippen molar-refractivity contribution in [3.63, 3.8) is 0 Å². The van der Waals surface area contributed by atoms with Crippen LogP contribution in [-0.2, 0) is 22.7 Å². The third-order valence-electron chi connectivity index (χ3n) is 5.03. The molecule has 0 spiro atoms. The predicted octanol–water partition coefficient (Wildman–Crippen LogP) is 3.15. The molecule has 1 aromatic carbocycles. The van der Waals surface area contributed by atoms with E-state index in [4.69, 9.17) is 9.26 Å². The van der Waals surface area contributed by atoms with Gasteiger partial charge in [0.05, 0.1) is 11.3 Å². The molecule has 0 saturated heterocycles. The van der Waals surface area contributed by atoms with Crippen LogP contribution < -0.4 is 10.6 Å². The topological polar surface area (TPSA) is 93.5 Å². The van der Waals surface area contributed by atoms with Crippen molar-refractivity contribution in [3.05, 3.63) is 52.9 Å². The van der Waals surface area contributed by atoms with E-state index < -0.39 is 11.5 Å². The zero-order valence-corrected chi connectivity index (χ0v) is 15.7. The second-order valence-corrected chi connectivity index (χ2v) is 6.96. The Hall–Kier alpha value is -2.83. The standard InChI is InChI=1S/C20H25N3O4/c1-14-17(15(2)27-23-14)13-26-18(24)20(10-6-7-11-20)22-19(25)21-12-16-8-4-3-5-9-16/h3-5,8-9H,6-7,10-13H2,1-2H3,(H2,21,22,25). The first-order chi connectivity index (χ1) is 13.0. The maximum atomic E-state index is 12.8. The number of rotatable bonds is 6. The Morgan fingerprint density at radius 2 is 1.89 bits per heavy atom. The van der Waals surface area contributed by atoms with Gasteiger partial charge in [-0.15, -0.1) is 0 Å². The van der Waals surface area contributed by atoms with Crippen LogP contribution in [0.15, 0.2) is 34.9 Å². The van der Waals surface area contributed by atoms with Crippen LogP contribution in [0.1, 0.15) is 48.3 Å². The first-order valence-corrected chi connectivity index (χ1v) is 9.19. The normalized spacial score (nSPS) is 15.3. The highest BCUT2D eigenvalue weighted by Crippen LogP contribution is 2.31. The summed E-state index contributed by atoms with van der Waals surface area (Å²) < 4.78 is 10.6. The largest absolute Gasteiger partial charge is 0.459 e. The van der Waals surface area contributed by atoms with Crippen molar-refractivity contribution < 1.29 is 18.8 Å². The summed E-state index contributed by atoms with van der Waals surface area (Å²) in [7, 11) is 0. The number of hydrogen-bond acceptors (Lipinski definition) is 5. The third-order valence-corrected chi connectivity index (χ3v) is 5.03. The Bertz CT molecular complexity index is 775. The fourth-order valence-electron chi connectivity index (χ4n) is 3.38. The summed E-state index contributed by atoms with van der Waals surface area (Å²) in [5.41, 5.74) is 1.49. The first kappa shape index (κ1) is 18.9. The molecule has 3 rings (SSSR count). The molecule has 1 saturated carbocycles. The van der Waals surface area contributed by atoms with E-state index in [1.54, 1.807) is 13.8 Å². The molecule has 7 nitrogen and oxygen atoms in total. The summed E-state index contributed by atoms with van der Waals surface area (Å²) >= 11 is 0. The number of benzene rings is 1. The smallest absolute Gasteiger partial charge is 0.332 e. The fourth-order valence-corrected chi connectivity index (χ4v) is 3.38. The van der Waals surface area contributed by atoms with Crippen molar-refractivity contribution in [3.8, 4) is 0 Å². The van der Waals surface area contributed by atoms with Crippen LogP contribution in [0, 0.1) is 13.8 Å². The lowest BCUT2D eigenvalue weighted by atomic mass is 9.98. The van der Waals surface area contributed by atoms with Gasteiger partial charge < -0.3 is 19.9 Å². The van der Waals surface area contributed by atoms with Crippen molar-refractivity contribution in [1.29, 1.82) is 0 Å². The number of carbonyl (C=O) groups excluding carboxylic acids is 2. The van der Waals surface area contributed by atoms with E-state index in [1.807, 2.05) is 30.3 Å². The van der Waals surface area contributed by atoms with E-state index in [0.717, 1.165) is 24.0 Å². The lowest BCUT2D eigenvalue weighted by Crippen LogP contribution is -2.56. The summed E-state index contributed by atoms with van der Waals surface area (Å²) in [4.78, 5) is 25.1. The van der Waals surface area contributed by atoms with Crippen molar-refractivity contribution in [2.75, 3.05) is 0 Å². The van der Waals surface area contributed by atoms with E-state index in [-0.39, 0.29) is 12.6 Å². The molecule has 1 aliphatic rings. The first-order valence-electron chi connectivity index (χ1n) is 9.19. The molecule has 27 heavy (non-hydrogen) atoms. The average molecular weight is 371 g/mol. The van der Waals surface area contributed by atoms with Gasteiger partial charge in [-0.1, -0.05) is 48.3 Å². The third kappa shape index (κ3) is 4.48. The van der Waals surface area contributed by atoms with Crippen molar-refractivity contribution in [2.24, 2.45) is 0 Å². The van der Waals surface area contributed by atoms with Gasteiger partial charge >= 0.3 is 12.0 Å². The molecule has 1 aliphatic carbocycles. The number of aryl methyl sites for hydroxylation is 2. The number of ether oxygens (including phenoxy) is 1. The highest BCUT2D eigenvalue weighted by Gasteiger charge is 2.44. The Balaban J connectivity index is 1.59. The second-order valence-electron chi connectivity index (χ2n) is 6.96. The van der Waals surface area contributed by atoms with E-state index in [2.05, 4.69) is 15.8 Å². The Labute approximate surface area is 158 Å². The van der Waals surface area contributed by atoms with Crippen LogP contribution in [0.2, 0.25) is 0 Å². The highest BCUT2D eigenvalue weighted by molar-refractivity contribution is 5.87. The molecule has 1 fully saturated rings. The van der Waals surface area contributed by atoms with E-state index in [9.17, 15) is 9.59 Å². The minimum Gasteiger partial charge on any atom is -0.459 e. The van der Waals surface area contributed by atoms with Crippen molar-refractivity contribution in [1.82, 2.24) is 15.8 Å². The average Bonchev–Trinajstić information content (AvgIpc) is 3.27. The minimum atomic E-state index is -0.972. The number of nitrogens with zero attached hydrogens (tertiary/aromatic N) is 1. The molecular weight excluding hydrogens is 346 g/mol. The van der Waals surface area contributed by atoms with E-state index in [1.165, 1.54) is 0 Å². The van der Waals surface area contributed by atoms with Gasteiger partial charge in [0.15, 0.2) is 0 Å². The molecular formula is C20H25N3O4. The monoisotopic (exact) mass is 371 g/mol. The van der Waals surface area contributed by atoms with E-state index in [0.29, 0.717) is 30.8 Å². The lowest BCUT2D eigenvalue weighted by Gasteiger charge is -2.28. The molecule has 0 atom stereocenters. The van der Waals surface area contributed by atoms with E-state index >= 15 is 0 Å². The van der Waals surface area contributed by atoms with Gasteiger partial charge in [0.2, 0.25) is 0 Å². The summed E-state index contributed by atoms with van der Waals surface area (Å²) in [5, 5.41) is 9.53. The van der Waals surface area contributed by atoms with Crippen molar-refractivity contribution >= 4 is 12.0 Å². The molecule has 0 unspecified atom stereocenters. The molecule has 7 heteroatoms. The van der Waals surface area contributed by atoms with Gasteiger partial charge in [-0.25, -0.2) is 9.59 Å². The van der Waals surface area contributed by atoms with Gasteiger partial charge in [0.25, 0.3) is 0 Å². The molecule has 2 aromatic rings. The number of amides is 2. The number of esters is 1. The summed E-state index contributed by atoms with van der Waals surface area (Å²) in [6.07, 6.45) is 2.90. The zero-order valence-electron chi connectivity index (χ0n) is 15.7. The molecule has 2 amide bonds. The van der Waals surface area contributed by atoms with Gasteiger partial charge in [-0.2, -0.15) is 0 Å². The van der Waals surface area contributed by atoms with Gasteiger partial charge in [-0.3, -0.25) is 0 Å². The Kier molecular flexibility index (Phi) is 5.78. The number of nitrogens with one attached hydrogen (secondary N) is 2. The predicted molar refractivity (Wildman–Crippen MR) is 98.8 cm³/mol. The quantitative estimate of drug-likeness (QED) is 0.761. The summed E-state index contributed by atoms with van der Waals surface area (Å²) in [5.74, 6) is 0.226. The molecule has 0 bridgehead atoms. The zero-order chi connectivity index (χ0) is 19.3. The van der Waals surface area contributed by atoms with Gasteiger partial charge in [0.1, 0.15) is 17.9 Å². The molecule has 1 aromatic heterocycles. The molecule has 2 N–H and O–H groups in total. The lowest BCUT2D eigenvalue weighted by molar-refractivity contribution is -0.152. The highest BCUT2D eigenvalue weighted by atomic mass is 16.5. The Morgan fingerprint density at radius 3 is 2.52 bits per heavy atom. The number of urea groups is 1. The molecule has 0 aliphatic heterocycles. The second kappa shape index (κ2) is 8.24. The number of carbonyl (C=O) groups is 2. The van der Waals surface area contributed by atoms with Crippen LogP contribution >= 0.6 is 0 Å². The number of aromatic nitrogens is 1. The van der Waals surface area contributed by atoms with Gasteiger partial charge in [0, 0.05) is 6.54 Å². The van der Waals surface area contributed by atoms with Gasteiger partial charge in [-0.05, 0) is 32.3 Å². The maximum absolute atomic E-state index is 12.8.